The van der Waals surface area contributed by atoms with Gasteiger partial charge in [0.15, 0.2) is 0 Å². The van der Waals surface area contributed by atoms with Crippen LogP contribution >= 0.6 is 0 Å². The summed E-state index contributed by atoms with van der Waals surface area (Å²) < 4.78 is 44.0. The van der Waals surface area contributed by atoms with Crippen molar-refractivity contribution >= 4 is 11.9 Å². The van der Waals surface area contributed by atoms with E-state index in [1.807, 2.05) is 0 Å². The van der Waals surface area contributed by atoms with Crippen molar-refractivity contribution in [3.63, 3.8) is 0 Å². The first-order valence-electron chi connectivity index (χ1n) is 5.03. The summed E-state index contributed by atoms with van der Waals surface area (Å²) in [6.45, 7) is 2.88. The molecule has 0 aliphatic rings. The molecule has 0 aromatic rings. The van der Waals surface area contributed by atoms with Crippen LogP contribution in [0.4, 0.5) is 13.2 Å². The van der Waals surface area contributed by atoms with E-state index in [1.165, 1.54) is 18.2 Å². The predicted octanol–water partition coefficient (Wildman–Crippen LogP) is 2.16. The zero-order chi connectivity index (χ0) is 14.0. The fraction of sp³-hybridized carbons (Fsp3) is 0.455. The SMILES string of the molecule is C=CCOC(=O)C(=O)OC/C=C/CCC(F)(F)F. The number of hydrogen-bond acceptors (Lipinski definition) is 4. The summed E-state index contributed by atoms with van der Waals surface area (Å²) in [5.74, 6) is -2.36. The molecule has 0 saturated heterocycles. The first kappa shape index (κ1) is 16.2. The zero-order valence-electron chi connectivity index (χ0n) is 9.53. The highest BCUT2D eigenvalue weighted by molar-refractivity contribution is 6.29. The quantitative estimate of drug-likeness (QED) is 0.420. The van der Waals surface area contributed by atoms with Gasteiger partial charge >= 0.3 is 18.1 Å². The Morgan fingerprint density at radius 3 is 2.11 bits per heavy atom. The molecule has 102 valence electrons. The van der Waals surface area contributed by atoms with E-state index < -0.39 is 24.5 Å². The number of allylic oxidation sites excluding steroid dienone is 1. The third kappa shape index (κ3) is 9.44. The predicted molar refractivity (Wildman–Crippen MR) is 56.5 cm³/mol. The minimum Gasteiger partial charge on any atom is -0.453 e. The van der Waals surface area contributed by atoms with Crippen molar-refractivity contribution in [3.8, 4) is 0 Å². The van der Waals surface area contributed by atoms with Crippen LogP contribution in [-0.2, 0) is 19.1 Å². The highest BCUT2D eigenvalue weighted by Gasteiger charge is 2.25. The number of ether oxygens (including phenoxy) is 2. The second-order valence-corrected chi connectivity index (χ2v) is 3.11. The lowest BCUT2D eigenvalue weighted by Crippen LogP contribution is -2.20. The van der Waals surface area contributed by atoms with E-state index in [2.05, 4.69) is 16.1 Å². The Morgan fingerprint density at radius 2 is 1.61 bits per heavy atom. The Balaban J connectivity index is 3.71. The number of rotatable bonds is 6. The molecule has 0 N–H and O–H groups in total. The molecule has 0 radical (unpaired) electrons. The topological polar surface area (TPSA) is 52.6 Å². The molecule has 0 spiro atoms. The normalized spacial score (nSPS) is 11.3. The van der Waals surface area contributed by atoms with Crippen molar-refractivity contribution in [2.75, 3.05) is 13.2 Å². The second kappa shape index (κ2) is 8.32. The number of carbonyl (C=O) groups is 2. The molecule has 0 aliphatic carbocycles. The maximum atomic E-state index is 11.7. The molecule has 0 atom stereocenters. The maximum Gasteiger partial charge on any atom is 0.417 e. The van der Waals surface area contributed by atoms with Crippen LogP contribution in [0.15, 0.2) is 24.8 Å². The molecule has 0 aromatic heterocycles. The van der Waals surface area contributed by atoms with Crippen molar-refractivity contribution in [2.24, 2.45) is 0 Å². The molecule has 0 saturated carbocycles. The lowest BCUT2D eigenvalue weighted by Gasteiger charge is -2.02. The van der Waals surface area contributed by atoms with Gasteiger partial charge in [-0.15, -0.1) is 0 Å². The van der Waals surface area contributed by atoms with Crippen LogP contribution in [0.5, 0.6) is 0 Å². The van der Waals surface area contributed by atoms with Crippen LogP contribution in [0, 0.1) is 0 Å². The van der Waals surface area contributed by atoms with Gasteiger partial charge in [-0.1, -0.05) is 24.8 Å². The van der Waals surface area contributed by atoms with Gasteiger partial charge in [0.05, 0.1) is 0 Å². The van der Waals surface area contributed by atoms with Crippen molar-refractivity contribution in [2.45, 2.75) is 19.0 Å². The van der Waals surface area contributed by atoms with Crippen LogP contribution in [-0.4, -0.2) is 31.3 Å². The van der Waals surface area contributed by atoms with Gasteiger partial charge in [0.25, 0.3) is 0 Å². The molecule has 0 aromatic carbocycles. The van der Waals surface area contributed by atoms with Crippen LogP contribution in [0.1, 0.15) is 12.8 Å². The molecule has 0 amide bonds. The largest absolute Gasteiger partial charge is 0.453 e. The molecule has 0 unspecified atom stereocenters. The van der Waals surface area contributed by atoms with Crippen LogP contribution in [0.25, 0.3) is 0 Å². The lowest BCUT2D eigenvalue weighted by molar-refractivity contribution is -0.166. The third-order valence-corrected chi connectivity index (χ3v) is 1.57. The van der Waals surface area contributed by atoms with Gasteiger partial charge in [-0.2, -0.15) is 13.2 Å². The minimum atomic E-state index is -4.21. The van der Waals surface area contributed by atoms with Gasteiger partial charge in [-0.05, 0) is 6.42 Å². The average Bonchev–Trinajstić information content (AvgIpc) is 2.28. The van der Waals surface area contributed by atoms with E-state index in [4.69, 9.17) is 0 Å². The maximum absolute atomic E-state index is 11.7. The van der Waals surface area contributed by atoms with E-state index in [0.717, 1.165) is 0 Å². The highest BCUT2D eigenvalue weighted by Crippen LogP contribution is 2.21. The molecule has 0 bridgehead atoms. The Kier molecular flexibility index (Phi) is 7.50. The molecular formula is C11H13F3O4. The molecule has 0 rings (SSSR count). The van der Waals surface area contributed by atoms with E-state index in [9.17, 15) is 22.8 Å². The minimum absolute atomic E-state index is 0.116. The van der Waals surface area contributed by atoms with Crippen LogP contribution < -0.4 is 0 Å². The van der Waals surface area contributed by atoms with E-state index in [-0.39, 0.29) is 19.6 Å². The fourth-order valence-corrected chi connectivity index (χ4v) is 0.809. The van der Waals surface area contributed by atoms with E-state index in [0.29, 0.717) is 0 Å². The number of carbonyl (C=O) groups excluding carboxylic acids is 2. The summed E-state index contributed by atoms with van der Waals surface area (Å²) in [4.78, 5) is 21.7. The Labute approximate surface area is 102 Å². The van der Waals surface area contributed by atoms with Gasteiger partial charge in [0, 0.05) is 6.42 Å². The summed E-state index contributed by atoms with van der Waals surface area (Å²) in [7, 11) is 0. The molecule has 0 fully saturated rings. The highest BCUT2D eigenvalue weighted by atomic mass is 19.4. The van der Waals surface area contributed by atoms with Crippen molar-refractivity contribution < 1.29 is 32.2 Å². The molecule has 4 nitrogen and oxygen atoms in total. The third-order valence-electron chi connectivity index (χ3n) is 1.57. The van der Waals surface area contributed by atoms with Gasteiger partial charge in [0.1, 0.15) is 13.2 Å². The molecule has 0 heterocycles. The summed E-state index contributed by atoms with van der Waals surface area (Å²) in [5.41, 5.74) is 0. The molecular weight excluding hydrogens is 253 g/mol. The fourth-order valence-electron chi connectivity index (χ4n) is 0.809. The van der Waals surface area contributed by atoms with Crippen molar-refractivity contribution in [1.29, 1.82) is 0 Å². The summed E-state index contributed by atoms with van der Waals surface area (Å²) in [6, 6.07) is 0. The Bertz CT molecular complexity index is 321. The Hall–Kier alpha value is -1.79. The lowest BCUT2D eigenvalue weighted by atomic mass is 10.3. The molecule has 18 heavy (non-hydrogen) atoms. The van der Waals surface area contributed by atoms with Crippen LogP contribution in [0.3, 0.4) is 0 Å². The van der Waals surface area contributed by atoms with E-state index in [1.54, 1.807) is 0 Å². The van der Waals surface area contributed by atoms with Gasteiger partial charge in [-0.25, -0.2) is 9.59 Å². The smallest absolute Gasteiger partial charge is 0.417 e. The monoisotopic (exact) mass is 266 g/mol. The first-order valence-corrected chi connectivity index (χ1v) is 5.03. The van der Waals surface area contributed by atoms with E-state index >= 15 is 0 Å². The average molecular weight is 266 g/mol. The van der Waals surface area contributed by atoms with Gasteiger partial charge < -0.3 is 9.47 Å². The zero-order valence-corrected chi connectivity index (χ0v) is 9.53. The number of esters is 2. The summed E-state index contributed by atoms with van der Waals surface area (Å²) >= 11 is 0. The standard InChI is InChI=1S/C11H13F3O4/c1-2-7-17-9(15)10(16)18-8-5-3-4-6-11(12,13)14/h2-3,5H,1,4,6-8H2/b5-3+. The van der Waals surface area contributed by atoms with Gasteiger partial charge in [0.2, 0.25) is 0 Å². The summed E-state index contributed by atoms with van der Waals surface area (Å²) in [5, 5.41) is 0. The van der Waals surface area contributed by atoms with Gasteiger partial charge in [-0.3, -0.25) is 0 Å². The molecule has 0 aliphatic heterocycles. The first-order chi connectivity index (χ1) is 8.37. The number of halogens is 3. The van der Waals surface area contributed by atoms with Crippen molar-refractivity contribution in [1.82, 2.24) is 0 Å². The van der Waals surface area contributed by atoms with Crippen LogP contribution in [0.2, 0.25) is 0 Å². The number of alkyl halides is 3. The Morgan fingerprint density at radius 1 is 1.06 bits per heavy atom. The summed E-state index contributed by atoms with van der Waals surface area (Å²) in [6.07, 6.45) is -1.64. The number of hydrogen-bond donors (Lipinski definition) is 0. The molecule has 7 heteroatoms. The second-order valence-electron chi connectivity index (χ2n) is 3.11. The van der Waals surface area contributed by atoms with Crippen molar-refractivity contribution in [3.05, 3.63) is 24.8 Å².